The van der Waals surface area contributed by atoms with Crippen LogP contribution in [-0.2, 0) is 28.6 Å². The van der Waals surface area contributed by atoms with Gasteiger partial charge < -0.3 is 14.2 Å². The van der Waals surface area contributed by atoms with Crippen molar-refractivity contribution in [1.29, 1.82) is 0 Å². The molecule has 0 heterocycles. The first-order valence-electron chi connectivity index (χ1n) is 28.9. The fourth-order valence-electron chi connectivity index (χ4n) is 8.35. The lowest BCUT2D eigenvalue weighted by Crippen LogP contribution is -2.30. The fourth-order valence-corrected chi connectivity index (χ4v) is 8.35. The summed E-state index contributed by atoms with van der Waals surface area (Å²) in [6, 6.07) is 0. The topological polar surface area (TPSA) is 78.9 Å². The number of carbonyl (C=O) groups excluding carboxylic acids is 3. The zero-order valence-electron chi connectivity index (χ0n) is 44.4. The van der Waals surface area contributed by atoms with E-state index in [4.69, 9.17) is 14.2 Å². The zero-order valence-corrected chi connectivity index (χ0v) is 44.4. The molecular weight excluding hydrogens is 829 g/mol. The molecule has 0 aromatic heterocycles. The van der Waals surface area contributed by atoms with E-state index in [1.807, 2.05) is 42.5 Å². The Morgan fingerprint density at radius 1 is 0.313 bits per heavy atom. The maximum atomic E-state index is 12.9. The molecule has 0 rings (SSSR count). The smallest absolute Gasteiger partial charge is 0.306 e. The molecule has 0 amide bonds. The highest BCUT2D eigenvalue weighted by molar-refractivity contribution is 5.71. The summed E-state index contributed by atoms with van der Waals surface area (Å²) < 4.78 is 16.8. The number of rotatable bonds is 52. The van der Waals surface area contributed by atoms with Gasteiger partial charge in [0.2, 0.25) is 0 Å². The van der Waals surface area contributed by atoms with E-state index in [0.29, 0.717) is 19.3 Å². The molecular formula is C61H108O6. The van der Waals surface area contributed by atoms with Crippen LogP contribution in [0.2, 0.25) is 0 Å². The summed E-state index contributed by atoms with van der Waals surface area (Å²) in [6.07, 6.45) is 69.3. The van der Waals surface area contributed by atoms with Crippen molar-refractivity contribution in [2.75, 3.05) is 13.2 Å². The summed E-state index contributed by atoms with van der Waals surface area (Å²) in [6.45, 7) is 6.50. The lowest BCUT2D eigenvalue weighted by molar-refractivity contribution is -0.167. The summed E-state index contributed by atoms with van der Waals surface area (Å²) in [5.41, 5.74) is 0. The van der Waals surface area contributed by atoms with Crippen molar-refractivity contribution in [3.05, 3.63) is 60.8 Å². The van der Waals surface area contributed by atoms with Gasteiger partial charge in [-0.15, -0.1) is 0 Å². The highest BCUT2D eigenvalue weighted by Crippen LogP contribution is 2.17. The van der Waals surface area contributed by atoms with Gasteiger partial charge in [-0.25, -0.2) is 0 Å². The lowest BCUT2D eigenvalue weighted by Gasteiger charge is -2.18. The van der Waals surface area contributed by atoms with Crippen LogP contribution in [0.25, 0.3) is 0 Å². The minimum absolute atomic E-state index is 0.0839. The highest BCUT2D eigenvalue weighted by atomic mass is 16.6. The van der Waals surface area contributed by atoms with Crippen molar-refractivity contribution in [3.63, 3.8) is 0 Å². The first-order chi connectivity index (χ1) is 33.0. The molecule has 0 saturated heterocycles. The number of carbonyl (C=O) groups is 3. The Kier molecular flexibility index (Phi) is 53.3. The van der Waals surface area contributed by atoms with E-state index >= 15 is 0 Å². The summed E-state index contributed by atoms with van der Waals surface area (Å²) in [7, 11) is 0. The summed E-state index contributed by atoms with van der Waals surface area (Å²) in [5.74, 6) is -0.912. The maximum absolute atomic E-state index is 12.9. The standard InChI is InChI=1S/C61H108O6/c1-4-7-10-13-16-19-22-25-28-30-31-34-36-39-42-45-48-51-54-60(63)66-57-58(56-65-59(62)53-50-47-44-41-38-35-32-27-24-21-18-15-12-9-6-3)67-61(64)55-52-49-46-43-40-37-33-29-26-23-20-17-14-11-8-5-2/h9,12,15,18,21,24,27,32,35,38,58H,4-8,10-11,13-14,16-17,19-20,22-23,25-26,28-31,33-34,36-37,39-57H2,1-3H3/b12-9-,18-15-,24-21-,32-27-,38-35-. The molecule has 0 aliphatic heterocycles. The lowest BCUT2D eigenvalue weighted by atomic mass is 10.0. The van der Waals surface area contributed by atoms with Gasteiger partial charge in [0.15, 0.2) is 6.10 Å². The number of hydrogen-bond donors (Lipinski definition) is 0. The first-order valence-corrected chi connectivity index (χ1v) is 28.9. The van der Waals surface area contributed by atoms with Crippen LogP contribution in [0.1, 0.15) is 290 Å². The van der Waals surface area contributed by atoms with E-state index in [2.05, 4.69) is 39.0 Å². The van der Waals surface area contributed by atoms with E-state index in [9.17, 15) is 14.4 Å². The second-order valence-electron chi connectivity index (χ2n) is 19.3. The van der Waals surface area contributed by atoms with Gasteiger partial charge >= 0.3 is 17.9 Å². The number of esters is 3. The molecule has 0 N–H and O–H groups in total. The number of hydrogen-bond acceptors (Lipinski definition) is 6. The molecule has 0 aromatic carbocycles. The molecule has 67 heavy (non-hydrogen) atoms. The molecule has 388 valence electrons. The van der Waals surface area contributed by atoms with Crippen LogP contribution in [0.3, 0.4) is 0 Å². The Bertz CT molecular complexity index is 1210. The van der Waals surface area contributed by atoms with Crippen LogP contribution in [0, 0.1) is 0 Å². The third-order valence-electron chi connectivity index (χ3n) is 12.7. The molecule has 0 aliphatic rings. The van der Waals surface area contributed by atoms with E-state index in [-0.39, 0.29) is 31.1 Å². The predicted octanol–water partition coefficient (Wildman–Crippen LogP) is 19.2. The minimum Gasteiger partial charge on any atom is -0.462 e. The van der Waals surface area contributed by atoms with Crippen molar-refractivity contribution < 1.29 is 28.6 Å². The molecule has 0 spiro atoms. The minimum atomic E-state index is -0.788. The SMILES string of the molecule is CC\C=C/C=C\C=C/C=C\C=C/CCCCCC(=O)OCC(COC(=O)CCCCCCCCCCCCCCCCCCCC)OC(=O)CCCCCCCCCCCCCCCCCC. The maximum Gasteiger partial charge on any atom is 0.306 e. The second kappa shape index (κ2) is 55.7. The zero-order chi connectivity index (χ0) is 48.6. The van der Waals surface area contributed by atoms with Crippen LogP contribution >= 0.6 is 0 Å². The summed E-state index contributed by atoms with van der Waals surface area (Å²) in [5, 5.41) is 0. The summed E-state index contributed by atoms with van der Waals surface area (Å²) in [4.78, 5) is 38.1. The highest BCUT2D eigenvalue weighted by Gasteiger charge is 2.19. The Balaban J connectivity index is 4.39. The van der Waals surface area contributed by atoms with Crippen molar-refractivity contribution in [2.24, 2.45) is 0 Å². The van der Waals surface area contributed by atoms with Crippen LogP contribution < -0.4 is 0 Å². The molecule has 0 fully saturated rings. The van der Waals surface area contributed by atoms with Gasteiger partial charge in [-0.05, 0) is 38.5 Å². The van der Waals surface area contributed by atoms with Crippen LogP contribution in [-0.4, -0.2) is 37.2 Å². The average Bonchev–Trinajstić information content (AvgIpc) is 3.33. The molecule has 0 aromatic rings. The number of unbranched alkanes of at least 4 members (excludes halogenated alkanes) is 35. The van der Waals surface area contributed by atoms with E-state index in [1.54, 1.807) is 0 Å². The molecule has 1 atom stereocenters. The summed E-state index contributed by atoms with van der Waals surface area (Å²) >= 11 is 0. The van der Waals surface area contributed by atoms with Gasteiger partial charge in [0.25, 0.3) is 0 Å². The molecule has 1 unspecified atom stereocenters. The fraction of sp³-hybridized carbons (Fsp3) is 0.787. The third-order valence-corrected chi connectivity index (χ3v) is 12.7. The predicted molar refractivity (Wildman–Crippen MR) is 288 cm³/mol. The quantitative estimate of drug-likeness (QED) is 0.0262. The van der Waals surface area contributed by atoms with Crippen LogP contribution in [0.5, 0.6) is 0 Å². The molecule has 0 radical (unpaired) electrons. The van der Waals surface area contributed by atoms with Crippen molar-refractivity contribution in [3.8, 4) is 0 Å². The molecule has 0 saturated carbocycles. The molecule has 6 heteroatoms. The number of allylic oxidation sites excluding steroid dienone is 10. The number of ether oxygens (including phenoxy) is 3. The molecule has 0 aliphatic carbocycles. The Labute approximate surface area is 415 Å². The van der Waals surface area contributed by atoms with E-state index < -0.39 is 6.10 Å². The monoisotopic (exact) mass is 937 g/mol. The van der Waals surface area contributed by atoms with Crippen LogP contribution in [0.15, 0.2) is 60.8 Å². The van der Waals surface area contributed by atoms with Gasteiger partial charge in [-0.1, -0.05) is 293 Å². The van der Waals surface area contributed by atoms with Crippen molar-refractivity contribution >= 4 is 17.9 Å². The van der Waals surface area contributed by atoms with Crippen molar-refractivity contribution in [2.45, 2.75) is 297 Å². The van der Waals surface area contributed by atoms with Crippen LogP contribution in [0.4, 0.5) is 0 Å². The second-order valence-corrected chi connectivity index (χ2v) is 19.3. The van der Waals surface area contributed by atoms with Gasteiger partial charge in [-0.2, -0.15) is 0 Å². The average molecular weight is 938 g/mol. The Hall–Kier alpha value is -2.89. The Morgan fingerprint density at radius 2 is 0.582 bits per heavy atom. The Morgan fingerprint density at radius 3 is 0.910 bits per heavy atom. The molecule has 6 nitrogen and oxygen atoms in total. The largest absolute Gasteiger partial charge is 0.462 e. The van der Waals surface area contributed by atoms with Gasteiger partial charge in [0.05, 0.1) is 0 Å². The molecule has 0 bridgehead atoms. The van der Waals surface area contributed by atoms with Gasteiger partial charge in [0, 0.05) is 19.3 Å². The van der Waals surface area contributed by atoms with E-state index in [0.717, 1.165) is 70.6 Å². The normalized spacial score (nSPS) is 12.5. The van der Waals surface area contributed by atoms with E-state index in [1.165, 1.54) is 180 Å². The van der Waals surface area contributed by atoms with Gasteiger partial charge in [0.1, 0.15) is 13.2 Å². The first kappa shape index (κ1) is 64.1. The third kappa shape index (κ3) is 53.9. The van der Waals surface area contributed by atoms with Crippen molar-refractivity contribution in [1.82, 2.24) is 0 Å². The van der Waals surface area contributed by atoms with Gasteiger partial charge in [-0.3, -0.25) is 14.4 Å².